The first-order valence-corrected chi connectivity index (χ1v) is 7.59. The Balaban J connectivity index is 2.24. The number of fused-ring (bicyclic) bond motifs is 7. The van der Waals surface area contributed by atoms with Gasteiger partial charge in [0.25, 0.3) is 0 Å². The molecule has 5 rings (SSSR count). The number of aryl methyl sites for hydroxylation is 3. The second kappa shape index (κ2) is 3.74. The molecule has 108 valence electrons. The molecule has 3 aromatic heterocycles. The zero-order valence-electron chi connectivity index (χ0n) is 13.0. The Morgan fingerprint density at radius 3 is 1.41 bits per heavy atom. The molecule has 0 aliphatic carbocycles. The molecule has 0 atom stereocenters. The minimum absolute atomic E-state index is 1.28. The van der Waals surface area contributed by atoms with Crippen LogP contribution in [0.4, 0.5) is 0 Å². The number of para-hydroxylation sites is 2. The van der Waals surface area contributed by atoms with Crippen LogP contribution in [0.3, 0.4) is 0 Å². The summed E-state index contributed by atoms with van der Waals surface area (Å²) in [6.07, 6.45) is 0. The minimum atomic E-state index is 1.28. The largest absolute Gasteiger partial charge is 0.330 e. The van der Waals surface area contributed by atoms with Crippen LogP contribution < -0.4 is 0 Å². The Morgan fingerprint density at radius 2 is 0.955 bits per heavy atom. The Hall–Kier alpha value is -2.68. The van der Waals surface area contributed by atoms with Gasteiger partial charge in [-0.05, 0) is 12.1 Å². The van der Waals surface area contributed by atoms with Crippen molar-refractivity contribution >= 4 is 43.9 Å². The van der Waals surface area contributed by atoms with Gasteiger partial charge < -0.3 is 13.7 Å². The highest BCUT2D eigenvalue weighted by atomic mass is 15.2. The third kappa shape index (κ3) is 1.15. The third-order valence-electron chi connectivity index (χ3n) is 5.04. The van der Waals surface area contributed by atoms with Crippen LogP contribution >= 0.6 is 0 Å². The fraction of sp³-hybridized carbons (Fsp3) is 0.158. The van der Waals surface area contributed by atoms with E-state index >= 15 is 0 Å². The van der Waals surface area contributed by atoms with E-state index in [9.17, 15) is 0 Å². The van der Waals surface area contributed by atoms with E-state index in [4.69, 9.17) is 0 Å². The summed E-state index contributed by atoms with van der Waals surface area (Å²) in [6, 6.07) is 17.4. The minimum Gasteiger partial charge on any atom is -0.330 e. The van der Waals surface area contributed by atoms with Crippen molar-refractivity contribution in [2.24, 2.45) is 21.1 Å². The van der Waals surface area contributed by atoms with E-state index in [0.717, 1.165) is 0 Å². The maximum absolute atomic E-state index is 2.32. The second-order valence-corrected chi connectivity index (χ2v) is 6.11. The Labute approximate surface area is 128 Å². The summed E-state index contributed by atoms with van der Waals surface area (Å²) in [4.78, 5) is 0. The molecule has 0 N–H and O–H groups in total. The smallest absolute Gasteiger partial charge is 0.122 e. The molecule has 22 heavy (non-hydrogen) atoms. The zero-order chi connectivity index (χ0) is 15.0. The molecule has 2 aromatic carbocycles. The van der Waals surface area contributed by atoms with Crippen molar-refractivity contribution in [3.8, 4) is 0 Å². The predicted molar refractivity (Wildman–Crippen MR) is 93.4 cm³/mol. The van der Waals surface area contributed by atoms with E-state index in [1.807, 2.05) is 0 Å². The zero-order valence-corrected chi connectivity index (χ0v) is 13.0. The SMILES string of the molecule is Cn1c2ccccc2c2c3c4ccccc4n(C)c3n(C)c21. The standard InChI is InChI=1S/C19H17N3/c1-20-14-10-6-4-8-12(14)16-17-13-9-5-7-11-15(13)21(2)19(17)22(3)18(16)20/h4-11H,1-3H3. The fourth-order valence-corrected chi connectivity index (χ4v) is 4.14. The molecule has 0 saturated heterocycles. The van der Waals surface area contributed by atoms with Gasteiger partial charge in [-0.15, -0.1) is 0 Å². The first kappa shape index (κ1) is 11.9. The lowest BCUT2D eigenvalue weighted by atomic mass is 10.1. The number of rotatable bonds is 0. The molecule has 0 radical (unpaired) electrons. The lowest BCUT2D eigenvalue weighted by Crippen LogP contribution is -1.99. The quantitative estimate of drug-likeness (QED) is 0.403. The molecular weight excluding hydrogens is 270 g/mol. The van der Waals surface area contributed by atoms with Crippen LogP contribution in [0.2, 0.25) is 0 Å². The summed E-state index contributed by atoms with van der Waals surface area (Å²) in [5, 5.41) is 5.41. The number of nitrogens with zero attached hydrogens (tertiary/aromatic N) is 3. The van der Waals surface area contributed by atoms with Gasteiger partial charge in [-0.25, -0.2) is 0 Å². The predicted octanol–water partition coefficient (Wildman–Crippen LogP) is 4.31. The molecule has 3 nitrogen and oxygen atoms in total. The van der Waals surface area contributed by atoms with E-state index in [-0.39, 0.29) is 0 Å². The van der Waals surface area contributed by atoms with Crippen LogP contribution in [0.25, 0.3) is 43.9 Å². The molecule has 0 saturated carbocycles. The molecule has 3 heterocycles. The average molecular weight is 287 g/mol. The van der Waals surface area contributed by atoms with Gasteiger partial charge in [-0.3, -0.25) is 0 Å². The summed E-state index contributed by atoms with van der Waals surface area (Å²) in [6.45, 7) is 0. The van der Waals surface area contributed by atoms with E-state index in [2.05, 4.69) is 83.4 Å². The Kier molecular flexibility index (Phi) is 2.03. The van der Waals surface area contributed by atoms with Crippen LogP contribution in [0.5, 0.6) is 0 Å². The van der Waals surface area contributed by atoms with Crippen LogP contribution in [-0.2, 0) is 21.1 Å². The summed E-state index contributed by atoms with van der Waals surface area (Å²) in [7, 11) is 6.49. The third-order valence-corrected chi connectivity index (χ3v) is 5.04. The van der Waals surface area contributed by atoms with Crippen molar-refractivity contribution in [2.45, 2.75) is 0 Å². The average Bonchev–Trinajstić information content (AvgIpc) is 3.12. The maximum Gasteiger partial charge on any atom is 0.122 e. The Bertz CT molecular complexity index is 1100. The van der Waals surface area contributed by atoms with Crippen LogP contribution in [-0.4, -0.2) is 13.7 Å². The topological polar surface area (TPSA) is 14.8 Å². The van der Waals surface area contributed by atoms with Crippen molar-refractivity contribution in [3.63, 3.8) is 0 Å². The van der Waals surface area contributed by atoms with E-state index in [0.29, 0.717) is 0 Å². The molecule has 0 unspecified atom stereocenters. The molecular formula is C19H17N3. The van der Waals surface area contributed by atoms with E-state index < -0.39 is 0 Å². The number of hydrogen-bond donors (Lipinski definition) is 0. The van der Waals surface area contributed by atoms with Gasteiger partial charge in [0.05, 0.1) is 11.0 Å². The van der Waals surface area contributed by atoms with E-state index in [1.54, 1.807) is 0 Å². The summed E-state index contributed by atoms with van der Waals surface area (Å²) in [5.74, 6) is 0. The number of benzene rings is 2. The van der Waals surface area contributed by atoms with Crippen molar-refractivity contribution in [3.05, 3.63) is 48.5 Å². The lowest BCUT2D eigenvalue weighted by molar-refractivity contribution is 0.865. The monoisotopic (exact) mass is 287 g/mol. The molecule has 0 amide bonds. The molecule has 0 fully saturated rings. The molecule has 3 heteroatoms. The van der Waals surface area contributed by atoms with Gasteiger partial charge in [0, 0.05) is 42.7 Å². The second-order valence-electron chi connectivity index (χ2n) is 6.11. The van der Waals surface area contributed by atoms with Gasteiger partial charge in [0.2, 0.25) is 0 Å². The van der Waals surface area contributed by atoms with Gasteiger partial charge in [-0.1, -0.05) is 36.4 Å². The first-order valence-electron chi connectivity index (χ1n) is 7.59. The van der Waals surface area contributed by atoms with Crippen molar-refractivity contribution in [2.75, 3.05) is 0 Å². The van der Waals surface area contributed by atoms with Gasteiger partial charge >= 0.3 is 0 Å². The molecule has 5 aromatic rings. The maximum atomic E-state index is 2.32. The van der Waals surface area contributed by atoms with Crippen molar-refractivity contribution in [1.29, 1.82) is 0 Å². The van der Waals surface area contributed by atoms with Crippen LogP contribution in [0.1, 0.15) is 0 Å². The molecule has 0 bridgehead atoms. The molecule has 0 aliphatic heterocycles. The van der Waals surface area contributed by atoms with Crippen LogP contribution in [0.15, 0.2) is 48.5 Å². The van der Waals surface area contributed by atoms with Gasteiger partial charge in [0.15, 0.2) is 0 Å². The van der Waals surface area contributed by atoms with Crippen molar-refractivity contribution < 1.29 is 0 Å². The highest BCUT2D eigenvalue weighted by Gasteiger charge is 2.21. The summed E-state index contributed by atoms with van der Waals surface area (Å²) in [5.41, 5.74) is 5.15. The highest BCUT2D eigenvalue weighted by Crippen LogP contribution is 2.40. The number of hydrogen-bond acceptors (Lipinski definition) is 0. The lowest BCUT2D eigenvalue weighted by Gasteiger charge is -2.04. The van der Waals surface area contributed by atoms with Gasteiger partial charge in [0.1, 0.15) is 11.3 Å². The Morgan fingerprint density at radius 1 is 0.545 bits per heavy atom. The van der Waals surface area contributed by atoms with Crippen LogP contribution in [0, 0.1) is 0 Å². The normalized spacial score (nSPS) is 12.3. The summed E-state index contributed by atoms with van der Waals surface area (Å²) >= 11 is 0. The molecule has 0 spiro atoms. The molecule has 0 aliphatic rings. The fourth-order valence-electron chi connectivity index (χ4n) is 4.14. The summed E-state index contributed by atoms with van der Waals surface area (Å²) < 4.78 is 6.93. The van der Waals surface area contributed by atoms with Gasteiger partial charge in [-0.2, -0.15) is 0 Å². The number of aromatic nitrogens is 3. The first-order chi connectivity index (χ1) is 10.7. The highest BCUT2D eigenvalue weighted by molar-refractivity contribution is 6.28. The van der Waals surface area contributed by atoms with E-state index in [1.165, 1.54) is 43.9 Å². The van der Waals surface area contributed by atoms with Crippen molar-refractivity contribution in [1.82, 2.24) is 13.7 Å².